The Kier molecular flexibility index (Phi) is 5.03. The molecule has 29 heavy (non-hydrogen) atoms. The molecule has 1 aliphatic carbocycles. The van der Waals surface area contributed by atoms with Crippen molar-refractivity contribution in [3.8, 4) is 11.3 Å². The van der Waals surface area contributed by atoms with Crippen LogP contribution in [0.15, 0.2) is 48.5 Å². The van der Waals surface area contributed by atoms with Crippen LogP contribution in [0.25, 0.3) is 22.2 Å². The molecule has 1 N–H and O–H groups in total. The number of amides is 1. The van der Waals surface area contributed by atoms with E-state index in [0.717, 1.165) is 54.5 Å². The molecule has 1 fully saturated rings. The van der Waals surface area contributed by atoms with Crippen LogP contribution in [-0.4, -0.2) is 30.1 Å². The number of ether oxygens (including phenoxy) is 1. The smallest absolute Gasteiger partial charge is 0.252 e. The molecule has 1 atom stereocenters. The molecule has 0 radical (unpaired) electrons. The van der Waals surface area contributed by atoms with E-state index >= 15 is 0 Å². The number of fused-ring (bicyclic) bond motifs is 2. The Labute approximate surface area is 171 Å². The summed E-state index contributed by atoms with van der Waals surface area (Å²) >= 11 is 0. The van der Waals surface area contributed by atoms with Crippen molar-refractivity contribution in [1.82, 2.24) is 10.3 Å². The number of aryl methyl sites for hydroxylation is 2. The van der Waals surface area contributed by atoms with Gasteiger partial charge in [-0.2, -0.15) is 0 Å². The number of carbonyl (C=O) groups is 1. The lowest BCUT2D eigenvalue weighted by atomic mass is 9.89. The Morgan fingerprint density at radius 1 is 1.03 bits per heavy atom. The van der Waals surface area contributed by atoms with E-state index in [9.17, 15) is 4.79 Å². The Balaban J connectivity index is 1.51. The van der Waals surface area contributed by atoms with E-state index in [1.165, 1.54) is 24.0 Å². The molecule has 0 saturated carbocycles. The number of benzene rings is 2. The molecular weight excluding hydrogens is 360 g/mol. The van der Waals surface area contributed by atoms with Gasteiger partial charge in [0.2, 0.25) is 0 Å². The maximum Gasteiger partial charge on any atom is 0.252 e. The quantitative estimate of drug-likeness (QED) is 0.708. The second-order valence-electron chi connectivity index (χ2n) is 8.11. The van der Waals surface area contributed by atoms with E-state index < -0.39 is 0 Å². The van der Waals surface area contributed by atoms with Crippen molar-refractivity contribution in [2.45, 2.75) is 44.6 Å². The highest BCUT2D eigenvalue weighted by molar-refractivity contribution is 6.07. The van der Waals surface area contributed by atoms with Gasteiger partial charge in [0, 0.05) is 24.1 Å². The molecule has 148 valence electrons. The number of hydrogen-bond acceptors (Lipinski definition) is 3. The summed E-state index contributed by atoms with van der Waals surface area (Å²) in [5.74, 6) is -0.0571. The molecule has 3 aromatic rings. The monoisotopic (exact) mass is 386 g/mol. The molecule has 0 bridgehead atoms. The molecule has 1 aliphatic heterocycles. The van der Waals surface area contributed by atoms with Gasteiger partial charge in [-0.25, -0.2) is 4.98 Å². The zero-order valence-electron chi connectivity index (χ0n) is 16.6. The van der Waals surface area contributed by atoms with E-state index in [1.54, 1.807) is 0 Å². The molecule has 5 rings (SSSR count). The first-order chi connectivity index (χ1) is 14.3. The Morgan fingerprint density at radius 3 is 2.76 bits per heavy atom. The van der Waals surface area contributed by atoms with Crippen molar-refractivity contribution < 1.29 is 9.53 Å². The van der Waals surface area contributed by atoms with Crippen LogP contribution in [0.1, 0.15) is 47.2 Å². The van der Waals surface area contributed by atoms with Crippen LogP contribution in [0.4, 0.5) is 0 Å². The molecule has 1 unspecified atom stereocenters. The van der Waals surface area contributed by atoms with Crippen LogP contribution in [0.2, 0.25) is 0 Å². The van der Waals surface area contributed by atoms with Crippen molar-refractivity contribution >= 4 is 16.8 Å². The zero-order chi connectivity index (χ0) is 19.6. The third kappa shape index (κ3) is 3.77. The van der Waals surface area contributed by atoms with Crippen LogP contribution in [-0.2, 0) is 17.6 Å². The van der Waals surface area contributed by atoms with Crippen molar-refractivity contribution in [1.29, 1.82) is 0 Å². The molecule has 2 aliphatic rings. The lowest BCUT2D eigenvalue weighted by molar-refractivity contribution is 0.0859. The number of carbonyl (C=O) groups excluding carboxylic acids is 1. The first-order valence-electron chi connectivity index (χ1n) is 10.7. The van der Waals surface area contributed by atoms with Crippen molar-refractivity contribution in [3.05, 3.63) is 65.2 Å². The highest BCUT2D eigenvalue weighted by Crippen LogP contribution is 2.29. The fourth-order valence-corrected chi connectivity index (χ4v) is 4.51. The average Bonchev–Trinajstić information content (AvgIpc) is 3.30. The van der Waals surface area contributed by atoms with Gasteiger partial charge in [-0.3, -0.25) is 4.79 Å². The fraction of sp³-hybridized carbons (Fsp3) is 0.360. The molecule has 1 aromatic heterocycles. The summed E-state index contributed by atoms with van der Waals surface area (Å²) in [7, 11) is 0. The Morgan fingerprint density at radius 2 is 1.90 bits per heavy atom. The van der Waals surface area contributed by atoms with Crippen molar-refractivity contribution in [2.75, 3.05) is 13.2 Å². The average molecular weight is 386 g/mol. The maximum absolute atomic E-state index is 13.0. The zero-order valence-corrected chi connectivity index (χ0v) is 16.6. The van der Waals surface area contributed by atoms with Crippen molar-refractivity contribution in [3.63, 3.8) is 0 Å². The van der Waals surface area contributed by atoms with E-state index in [1.807, 2.05) is 30.3 Å². The van der Waals surface area contributed by atoms with Gasteiger partial charge in [0.1, 0.15) is 0 Å². The lowest BCUT2D eigenvalue weighted by Gasteiger charge is -2.17. The normalized spacial score (nSPS) is 18.6. The highest BCUT2D eigenvalue weighted by Gasteiger charge is 2.19. The largest absolute Gasteiger partial charge is 0.376 e. The van der Waals surface area contributed by atoms with Gasteiger partial charge in [-0.05, 0) is 67.9 Å². The third-order valence-corrected chi connectivity index (χ3v) is 6.12. The van der Waals surface area contributed by atoms with Crippen LogP contribution in [0.5, 0.6) is 0 Å². The van der Waals surface area contributed by atoms with Crippen LogP contribution in [0, 0.1) is 0 Å². The highest BCUT2D eigenvalue weighted by atomic mass is 16.5. The summed E-state index contributed by atoms with van der Waals surface area (Å²) in [5.41, 5.74) is 6.36. The topological polar surface area (TPSA) is 51.2 Å². The summed E-state index contributed by atoms with van der Waals surface area (Å²) in [4.78, 5) is 17.9. The lowest BCUT2D eigenvalue weighted by Crippen LogP contribution is -2.31. The van der Waals surface area contributed by atoms with Crippen molar-refractivity contribution in [2.24, 2.45) is 0 Å². The number of aromatic nitrogens is 1. The van der Waals surface area contributed by atoms with Crippen LogP contribution < -0.4 is 5.32 Å². The molecule has 1 saturated heterocycles. The predicted octanol–water partition coefficient (Wildman–Crippen LogP) is 4.69. The number of pyridine rings is 1. The Bertz CT molecular complexity index is 1050. The summed E-state index contributed by atoms with van der Waals surface area (Å²) in [6.07, 6.45) is 7.03. The summed E-state index contributed by atoms with van der Waals surface area (Å²) in [5, 5.41) is 3.96. The number of nitrogens with zero attached hydrogens (tertiary/aromatic N) is 1. The van der Waals surface area contributed by atoms with Gasteiger partial charge < -0.3 is 10.1 Å². The predicted molar refractivity (Wildman–Crippen MR) is 115 cm³/mol. The molecule has 0 spiro atoms. The van der Waals surface area contributed by atoms with Gasteiger partial charge >= 0.3 is 0 Å². The molecule has 4 heteroatoms. The summed E-state index contributed by atoms with van der Waals surface area (Å²) in [6, 6.07) is 16.5. The van der Waals surface area contributed by atoms with Crippen LogP contribution in [0.3, 0.4) is 0 Å². The second-order valence-corrected chi connectivity index (χ2v) is 8.11. The third-order valence-electron chi connectivity index (χ3n) is 6.12. The number of rotatable bonds is 4. The van der Waals surface area contributed by atoms with E-state index in [0.29, 0.717) is 12.1 Å². The van der Waals surface area contributed by atoms with E-state index in [4.69, 9.17) is 9.72 Å². The molecule has 2 heterocycles. The minimum absolute atomic E-state index is 0.0571. The van der Waals surface area contributed by atoms with Gasteiger partial charge in [-0.1, -0.05) is 30.3 Å². The van der Waals surface area contributed by atoms with Gasteiger partial charge in [0.15, 0.2) is 0 Å². The molecule has 1 amide bonds. The number of nitrogens with one attached hydrogen (secondary N) is 1. The molecule has 4 nitrogen and oxygen atoms in total. The van der Waals surface area contributed by atoms with E-state index in [2.05, 4.69) is 23.5 Å². The van der Waals surface area contributed by atoms with Gasteiger partial charge in [0.25, 0.3) is 5.91 Å². The minimum atomic E-state index is -0.0571. The minimum Gasteiger partial charge on any atom is -0.376 e. The SMILES string of the molecule is O=C(NCC1CCCO1)c1cc(-c2ccc3c(c2)CCCC3)nc2ccccc12. The fourth-order valence-electron chi connectivity index (χ4n) is 4.51. The second kappa shape index (κ2) is 7.96. The number of hydrogen-bond donors (Lipinski definition) is 1. The summed E-state index contributed by atoms with van der Waals surface area (Å²) in [6.45, 7) is 1.35. The van der Waals surface area contributed by atoms with Crippen LogP contribution >= 0.6 is 0 Å². The molecule has 2 aromatic carbocycles. The Hall–Kier alpha value is -2.72. The first kappa shape index (κ1) is 18.3. The first-order valence-corrected chi connectivity index (χ1v) is 10.7. The van der Waals surface area contributed by atoms with Gasteiger partial charge in [-0.15, -0.1) is 0 Å². The number of para-hydroxylation sites is 1. The molecular formula is C25H26N2O2. The van der Waals surface area contributed by atoms with E-state index in [-0.39, 0.29) is 12.0 Å². The van der Waals surface area contributed by atoms with Gasteiger partial charge in [0.05, 0.1) is 22.9 Å². The summed E-state index contributed by atoms with van der Waals surface area (Å²) < 4.78 is 5.65. The standard InChI is InChI=1S/C25H26N2O2/c28-25(26-16-20-8-5-13-29-20)22-15-24(27-23-10-4-3-9-21(22)23)19-12-11-17-6-1-2-7-18(17)14-19/h3-4,9-12,14-15,20H,1-2,5-8,13,16H2,(H,26,28). The maximum atomic E-state index is 13.0.